The summed E-state index contributed by atoms with van der Waals surface area (Å²) >= 11 is 0. The van der Waals surface area contributed by atoms with E-state index >= 15 is 0 Å². The van der Waals surface area contributed by atoms with Gasteiger partial charge in [-0.25, -0.2) is 0 Å². The van der Waals surface area contributed by atoms with Crippen molar-refractivity contribution in [2.24, 2.45) is 5.73 Å². The van der Waals surface area contributed by atoms with Gasteiger partial charge in [-0.05, 0) is 18.1 Å². The molecule has 6 heteroatoms. The highest BCUT2D eigenvalue weighted by Crippen LogP contribution is 2.15. The Kier molecular flexibility index (Phi) is 4.11. The van der Waals surface area contributed by atoms with E-state index in [2.05, 4.69) is 0 Å². The molecule has 0 aromatic heterocycles. The molecule has 1 rings (SSSR count). The quantitative estimate of drug-likeness (QED) is 0.855. The summed E-state index contributed by atoms with van der Waals surface area (Å²) in [5, 5.41) is 1.79. The molecule has 0 aliphatic carbocycles. The summed E-state index contributed by atoms with van der Waals surface area (Å²) in [6, 6.07) is 6.58. The fraction of sp³-hybridized carbons (Fsp3) is 0.364. The van der Waals surface area contributed by atoms with Gasteiger partial charge >= 0.3 is 12.1 Å². The predicted octanol–water partition coefficient (Wildman–Crippen LogP) is 1.88. The lowest BCUT2D eigenvalue weighted by Crippen LogP contribution is -2.36. The van der Waals surface area contributed by atoms with E-state index in [1.807, 2.05) is 0 Å². The Balaban J connectivity index is 2.56. The van der Waals surface area contributed by atoms with Gasteiger partial charge in [-0.3, -0.25) is 4.79 Å². The van der Waals surface area contributed by atoms with Crippen LogP contribution in [0.15, 0.2) is 24.3 Å². The van der Waals surface area contributed by atoms with E-state index in [0.29, 0.717) is 5.56 Å². The Morgan fingerprint density at radius 2 is 1.88 bits per heavy atom. The number of nitrogens with one attached hydrogen (secondary N) is 1. The SMILES string of the molecule is CC(N)c1ccc(CNC(=O)C(F)(F)F)cc1. The van der Waals surface area contributed by atoms with Crippen molar-refractivity contribution in [2.45, 2.75) is 25.7 Å². The van der Waals surface area contributed by atoms with Crippen molar-refractivity contribution in [2.75, 3.05) is 0 Å². The number of hydrogen-bond donors (Lipinski definition) is 2. The molecule has 0 fully saturated rings. The Hall–Kier alpha value is -1.56. The topological polar surface area (TPSA) is 55.1 Å². The van der Waals surface area contributed by atoms with Crippen LogP contribution in [0.3, 0.4) is 0 Å². The maximum absolute atomic E-state index is 11.9. The molecule has 1 amide bonds. The van der Waals surface area contributed by atoms with Gasteiger partial charge in [0.05, 0.1) is 0 Å². The third kappa shape index (κ3) is 4.07. The Morgan fingerprint density at radius 3 is 2.29 bits per heavy atom. The average Bonchev–Trinajstić information content (AvgIpc) is 2.25. The van der Waals surface area contributed by atoms with E-state index in [1.54, 1.807) is 36.5 Å². The number of carbonyl (C=O) groups excluding carboxylic acids is 1. The number of amides is 1. The first-order valence-corrected chi connectivity index (χ1v) is 5.00. The van der Waals surface area contributed by atoms with Gasteiger partial charge in [-0.1, -0.05) is 24.3 Å². The molecule has 3 nitrogen and oxygen atoms in total. The normalized spacial score (nSPS) is 13.2. The molecule has 94 valence electrons. The first-order valence-electron chi connectivity index (χ1n) is 5.00. The van der Waals surface area contributed by atoms with Gasteiger partial charge in [-0.2, -0.15) is 13.2 Å². The third-order valence-corrected chi connectivity index (χ3v) is 2.22. The zero-order valence-corrected chi connectivity index (χ0v) is 9.21. The van der Waals surface area contributed by atoms with Crippen LogP contribution in [0, 0.1) is 0 Å². The third-order valence-electron chi connectivity index (χ3n) is 2.22. The smallest absolute Gasteiger partial charge is 0.344 e. The second-order valence-corrected chi connectivity index (χ2v) is 3.71. The minimum absolute atomic E-state index is 0.131. The van der Waals surface area contributed by atoms with Crippen LogP contribution in [0.1, 0.15) is 24.1 Å². The fourth-order valence-corrected chi connectivity index (χ4v) is 1.22. The zero-order chi connectivity index (χ0) is 13.1. The van der Waals surface area contributed by atoms with Crippen LogP contribution >= 0.6 is 0 Å². The molecule has 1 aromatic rings. The van der Waals surface area contributed by atoms with E-state index in [1.165, 1.54) is 0 Å². The van der Waals surface area contributed by atoms with E-state index < -0.39 is 12.1 Å². The molecule has 1 unspecified atom stereocenters. The van der Waals surface area contributed by atoms with Crippen molar-refractivity contribution >= 4 is 5.91 Å². The first-order chi connectivity index (χ1) is 7.80. The standard InChI is InChI=1S/C11H13F3N2O/c1-7(15)9-4-2-8(3-5-9)6-16-10(17)11(12,13)14/h2-5,7H,6,15H2,1H3,(H,16,17). The van der Waals surface area contributed by atoms with Gasteiger partial charge in [0.2, 0.25) is 0 Å². The summed E-state index contributed by atoms with van der Waals surface area (Å²) in [7, 11) is 0. The van der Waals surface area contributed by atoms with Gasteiger partial charge in [-0.15, -0.1) is 0 Å². The molecule has 0 aliphatic rings. The van der Waals surface area contributed by atoms with Gasteiger partial charge in [0.15, 0.2) is 0 Å². The zero-order valence-electron chi connectivity index (χ0n) is 9.21. The highest BCUT2D eigenvalue weighted by atomic mass is 19.4. The van der Waals surface area contributed by atoms with Crippen LogP contribution in [0.2, 0.25) is 0 Å². The van der Waals surface area contributed by atoms with Crippen molar-refractivity contribution < 1.29 is 18.0 Å². The van der Waals surface area contributed by atoms with Gasteiger partial charge in [0.1, 0.15) is 0 Å². The maximum atomic E-state index is 11.9. The molecule has 1 aromatic carbocycles. The highest BCUT2D eigenvalue weighted by molar-refractivity contribution is 5.81. The number of halogens is 3. The molecule has 17 heavy (non-hydrogen) atoms. The summed E-state index contributed by atoms with van der Waals surface area (Å²) in [6.45, 7) is 1.65. The largest absolute Gasteiger partial charge is 0.471 e. The number of alkyl halides is 3. The van der Waals surface area contributed by atoms with Crippen LogP contribution in [0.5, 0.6) is 0 Å². The monoisotopic (exact) mass is 246 g/mol. The number of nitrogens with two attached hydrogens (primary N) is 1. The second kappa shape index (κ2) is 5.18. The number of carbonyl (C=O) groups is 1. The van der Waals surface area contributed by atoms with E-state index in [4.69, 9.17) is 5.73 Å². The van der Waals surface area contributed by atoms with Crippen molar-refractivity contribution in [3.8, 4) is 0 Å². The number of rotatable bonds is 3. The van der Waals surface area contributed by atoms with Crippen molar-refractivity contribution in [3.63, 3.8) is 0 Å². The Morgan fingerprint density at radius 1 is 1.35 bits per heavy atom. The van der Waals surface area contributed by atoms with Crippen LogP contribution in [-0.4, -0.2) is 12.1 Å². The molecule has 0 spiro atoms. The molecule has 0 heterocycles. The molecule has 0 bridgehead atoms. The Bertz CT molecular complexity index is 385. The van der Waals surface area contributed by atoms with Crippen LogP contribution in [0.25, 0.3) is 0 Å². The van der Waals surface area contributed by atoms with Gasteiger partial charge in [0.25, 0.3) is 0 Å². The summed E-state index contributed by atoms with van der Waals surface area (Å²) < 4.78 is 35.7. The lowest BCUT2D eigenvalue weighted by atomic mass is 10.1. The molecular weight excluding hydrogens is 233 g/mol. The molecule has 3 N–H and O–H groups in total. The molecule has 0 radical (unpaired) electrons. The molecule has 0 aliphatic heterocycles. The maximum Gasteiger partial charge on any atom is 0.471 e. The van der Waals surface area contributed by atoms with Crippen LogP contribution < -0.4 is 11.1 Å². The second-order valence-electron chi connectivity index (χ2n) is 3.71. The van der Waals surface area contributed by atoms with Crippen molar-refractivity contribution in [1.82, 2.24) is 5.32 Å². The number of benzene rings is 1. The minimum atomic E-state index is -4.84. The fourth-order valence-electron chi connectivity index (χ4n) is 1.22. The lowest BCUT2D eigenvalue weighted by molar-refractivity contribution is -0.173. The molecular formula is C11H13F3N2O. The first kappa shape index (κ1) is 13.5. The molecule has 0 saturated carbocycles. The minimum Gasteiger partial charge on any atom is -0.344 e. The Labute approximate surface area is 96.8 Å². The van der Waals surface area contributed by atoms with Crippen LogP contribution in [0.4, 0.5) is 13.2 Å². The summed E-state index contributed by atoms with van der Waals surface area (Å²) in [5.74, 6) is -1.94. The molecule has 0 saturated heterocycles. The summed E-state index contributed by atoms with van der Waals surface area (Å²) in [5.41, 5.74) is 7.10. The van der Waals surface area contributed by atoms with E-state index in [9.17, 15) is 18.0 Å². The summed E-state index contributed by atoms with van der Waals surface area (Å²) in [4.78, 5) is 10.6. The predicted molar refractivity (Wildman–Crippen MR) is 56.9 cm³/mol. The molecule has 1 atom stereocenters. The average molecular weight is 246 g/mol. The van der Waals surface area contributed by atoms with Crippen molar-refractivity contribution in [3.05, 3.63) is 35.4 Å². The summed E-state index contributed by atoms with van der Waals surface area (Å²) in [6.07, 6.45) is -4.84. The van der Waals surface area contributed by atoms with Gasteiger partial charge in [0, 0.05) is 12.6 Å². The van der Waals surface area contributed by atoms with Gasteiger partial charge < -0.3 is 11.1 Å². The number of hydrogen-bond acceptors (Lipinski definition) is 2. The van der Waals surface area contributed by atoms with E-state index in [-0.39, 0.29) is 12.6 Å². The van der Waals surface area contributed by atoms with Crippen LogP contribution in [-0.2, 0) is 11.3 Å². The highest BCUT2D eigenvalue weighted by Gasteiger charge is 2.38. The lowest BCUT2D eigenvalue weighted by Gasteiger charge is -2.09. The van der Waals surface area contributed by atoms with E-state index in [0.717, 1.165) is 5.56 Å². The van der Waals surface area contributed by atoms with Crippen molar-refractivity contribution in [1.29, 1.82) is 0 Å².